The lowest BCUT2D eigenvalue weighted by atomic mass is 10.0. The molecule has 18 heavy (non-hydrogen) atoms. The van der Waals surface area contributed by atoms with E-state index in [1.165, 1.54) is 0 Å². The summed E-state index contributed by atoms with van der Waals surface area (Å²) in [6, 6.07) is 9.31. The number of carbonyl (C=O) groups is 1. The number of hydrogen-bond donors (Lipinski definition) is 0. The Morgan fingerprint density at radius 3 is 2.22 bits per heavy atom. The zero-order valence-electron chi connectivity index (χ0n) is 10.2. The second-order valence-corrected chi connectivity index (χ2v) is 4.33. The van der Waals surface area contributed by atoms with Crippen LogP contribution in [-0.4, -0.2) is 6.29 Å². The molecule has 0 saturated heterocycles. The van der Waals surface area contributed by atoms with Crippen LogP contribution in [0.1, 0.15) is 21.5 Å². The Bertz CT molecular complexity index is 644. The molecular formula is C15H12O3. The van der Waals surface area contributed by atoms with Gasteiger partial charge in [-0.25, -0.2) is 0 Å². The average molecular weight is 240 g/mol. The number of hydrogen-bond acceptors (Lipinski definition) is 3. The summed E-state index contributed by atoms with van der Waals surface area (Å²) in [5.74, 6) is 2.70. The lowest BCUT2D eigenvalue weighted by Gasteiger charge is -2.24. The highest BCUT2D eigenvalue weighted by Crippen LogP contribution is 2.48. The SMILES string of the molecule is Cc1cc(C=O)c(C)c2c1Oc1ccccc1O2. The van der Waals surface area contributed by atoms with Crippen LogP contribution in [0, 0.1) is 13.8 Å². The van der Waals surface area contributed by atoms with Crippen molar-refractivity contribution in [3.05, 3.63) is 47.0 Å². The van der Waals surface area contributed by atoms with Crippen molar-refractivity contribution in [3.63, 3.8) is 0 Å². The Hall–Kier alpha value is -2.29. The van der Waals surface area contributed by atoms with Crippen LogP contribution >= 0.6 is 0 Å². The second-order valence-electron chi connectivity index (χ2n) is 4.33. The molecule has 1 aliphatic heterocycles. The molecule has 3 nitrogen and oxygen atoms in total. The molecule has 0 aromatic heterocycles. The first-order valence-electron chi connectivity index (χ1n) is 5.75. The first kappa shape index (κ1) is 10.8. The van der Waals surface area contributed by atoms with Crippen LogP contribution < -0.4 is 9.47 Å². The Balaban J connectivity index is 2.21. The molecule has 3 rings (SSSR count). The third kappa shape index (κ3) is 1.48. The summed E-state index contributed by atoms with van der Waals surface area (Å²) in [7, 11) is 0. The van der Waals surface area contributed by atoms with Gasteiger partial charge in [-0.2, -0.15) is 0 Å². The molecule has 0 atom stereocenters. The topological polar surface area (TPSA) is 35.5 Å². The van der Waals surface area contributed by atoms with Gasteiger partial charge in [-0.15, -0.1) is 0 Å². The van der Waals surface area contributed by atoms with Crippen LogP contribution in [0.4, 0.5) is 0 Å². The second kappa shape index (κ2) is 3.88. The van der Waals surface area contributed by atoms with Crippen molar-refractivity contribution < 1.29 is 14.3 Å². The predicted octanol–water partition coefficient (Wildman–Crippen LogP) is 4.01. The van der Waals surface area contributed by atoms with Crippen molar-refractivity contribution in [2.24, 2.45) is 0 Å². The third-order valence-corrected chi connectivity index (χ3v) is 3.11. The number of benzene rings is 2. The van der Waals surface area contributed by atoms with Crippen LogP contribution in [-0.2, 0) is 0 Å². The molecular weight excluding hydrogens is 228 g/mol. The van der Waals surface area contributed by atoms with Crippen LogP contribution in [0.5, 0.6) is 23.0 Å². The summed E-state index contributed by atoms with van der Waals surface area (Å²) in [6.45, 7) is 3.77. The maximum Gasteiger partial charge on any atom is 0.174 e. The summed E-state index contributed by atoms with van der Waals surface area (Å²) in [6.07, 6.45) is 0.840. The van der Waals surface area contributed by atoms with Gasteiger partial charge in [0.05, 0.1) is 0 Å². The van der Waals surface area contributed by atoms with Gasteiger partial charge in [-0.1, -0.05) is 12.1 Å². The number of aryl methyl sites for hydroxylation is 1. The van der Waals surface area contributed by atoms with Gasteiger partial charge in [0.15, 0.2) is 23.0 Å². The lowest BCUT2D eigenvalue weighted by molar-refractivity contribution is 0.112. The van der Waals surface area contributed by atoms with Crippen molar-refractivity contribution in [3.8, 4) is 23.0 Å². The van der Waals surface area contributed by atoms with E-state index in [4.69, 9.17) is 9.47 Å². The fourth-order valence-electron chi connectivity index (χ4n) is 2.10. The van der Waals surface area contributed by atoms with Gasteiger partial charge in [0.25, 0.3) is 0 Å². The minimum absolute atomic E-state index is 0.634. The van der Waals surface area contributed by atoms with E-state index >= 15 is 0 Å². The molecule has 0 spiro atoms. The number of para-hydroxylation sites is 2. The van der Waals surface area contributed by atoms with Crippen LogP contribution in [0.15, 0.2) is 30.3 Å². The summed E-state index contributed by atoms with van der Waals surface area (Å²) < 4.78 is 11.7. The molecule has 0 saturated carbocycles. The molecule has 2 aromatic rings. The minimum Gasteiger partial charge on any atom is -0.449 e. The number of aldehydes is 1. The van der Waals surface area contributed by atoms with Crippen LogP contribution in [0.3, 0.4) is 0 Å². The third-order valence-electron chi connectivity index (χ3n) is 3.11. The summed E-state index contributed by atoms with van der Waals surface area (Å²) in [4.78, 5) is 11.0. The Morgan fingerprint density at radius 2 is 1.61 bits per heavy atom. The monoisotopic (exact) mass is 240 g/mol. The predicted molar refractivity (Wildman–Crippen MR) is 67.9 cm³/mol. The maximum atomic E-state index is 11.0. The lowest BCUT2D eigenvalue weighted by Crippen LogP contribution is -2.04. The van der Waals surface area contributed by atoms with Gasteiger partial charge in [0, 0.05) is 11.1 Å². The first-order chi connectivity index (χ1) is 8.70. The molecule has 90 valence electrons. The number of carbonyl (C=O) groups excluding carboxylic acids is 1. The molecule has 0 amide bonds. The molecule has 0 aliphatic carbocycles. The van der Waals surface area contributed by atoms with Gasteiger partial charge in [-0.05, 0) is 37.6 Å². The standard InChI is InChI=1S/C15H12O3/c1-9-7-11(8-16)10(2)15-14(9)17-12-5-3-4-6-13(12)18-15/h3-8H,1-2H3. The highest BCUT2D eigenvalue weighted by Gasteiger charge is 2.23. The molecule has 0 N–H and O–H groups in total. The Labute approximate surface area is 105 Å². The van der Waals surface area contributed by atoms with E-state index in [0.717, 1.165) is 17.4 Å². The molecule has 0 fully saturated rings. The van der Waals surface area contributed by atoms with Gasteiger partial charge in [0.1, 0.15) is 6.29 Å². The summed E-state index contributed by atoms with van der Waals surface area (Å²) >= 11 is 0. The van der Waals surface area contributed by atoms with Crippen molar-refractivity contribution in [1.82, 2.24) is 0 Å². The highest BCUT2D eigenvalue weighted by atomic mass is 16.6. The van der Waals surface area contributed by atoms with E-state index in [9.17, 15) is 4.79 Å². The molecule has 1 heterocycles. The Morgan fingerprint density at radius 1 is 1.00 bits per heavy atom. The molecule has 3 heteroatoms. The molecule has 1 aliphatic rings. The van der Waals surface area contributed by atoms with Gasteiger partial charge in [-0.3, -0.25) is 4.79 Å². The molecule has 0 radical (unpaired) electrons. The van der Waals surface area contributed by atoms with Crippen LogP contribution in [0.2, 0.25) is 0 Å². The zero-order chi connectivity index (χ0) is 12.7. The van der Waals surface area contributed by atoms with Gasteiger partial charge >= 0.3 is 0 Å². The smallest absolute Gasteiger partial charge is 0.174 e. The van der Waals surface area contributed by atoms with E-state index in [2.05, 4.69) is 0 Å². The first-order valence-corrected chi connectivity index (χ1v) is 5.75. The minimum atomic E-state index is 0.634. The molecule has 2 aromatic carbocycles. The largest absolute Gasteiger partial charge is 0.449 e. The van der Waals surface area contributed by atoms with E-state index < -0.39 is 0 Å². The van der Waals surface area contributed by atoms with E-state index in [1.54, 1.807) is 0 Å². The van der Waals surface area contributed by atoms with Crippen molar-refractivity contribution in [1.29, 1.82) is 0 Å². The van der Waals surface area contributed by atoms with Gasteiger partial charge in [0.2, 0.25) is 0 Å². The number of fused-ring (bicyclic) bond motifs is 2. The van der Waals surface area contributed by atoms with Gasteiger partial charge < -0.3 is 9.47 Å². The van der Waals surface area contributed by atoms with E-state index in [0.29, 0.717) is 28.6 Å². The Kier molecular flexibility index (Phi) is 2.33. The summed E-state index contributed by atoms with van der Waals surface area (Å²) in [5, 5.41) is 0. The van der Waals surface area contributed by atoms with E-state index in [-0.39, 0.29) is 0 Å². The summed E-state index contributed by atoms with van der Waals surface area (Å²) in [5.41, 5.74) is 2.33. The van der Waals surface area contributed by atoms with Crippen molar-refractivity contribution >= 4 is 6.29 Å². The fraction of sp³-hybridized carbons (Fsp3) is 0.133. The zero-order valence-corrected chi connectivity index (χ0v) is 10.2. The number of ether oxygens (including phenoxy) is 2. The highest BCUT2D eigenvalue weighted by molar-refractivity contribution is 5.81. The quantitative estimate of drug-likeness (QED) is 0.603. The normalized spacial score (nSPS) is 11.9. The molecule has 0 bridgehead atoms. The van der Waals surface area contributed by atoms with Crippen molar-refractivity contribution in [2.45, 2.75) is 13.8 Å². The maximum absolute atomic E-state index is 11.0. The van der Waals surface area contributed by atoms with E-state index in [1.807, 2.05) is 44.2 Å². The number of rotatable bonds is 1. The fourth-order valence-corrected chi connectivity index (χ4v) is 2.10. The van der Waals surface area contributed by atoms with Crippen molar-refractivity contribution in [2.75, 3.05) is 0 Å². The molecule has 0 unspecified atom stereocenters. The van der Waals surface area contributed by atoms with Crippen LogP contribution in [0.25, 0.3) is 0 Å². The average Bonchev–Trinajstić information content (AvgIpc) is 2.41.